The van der Waals surface area contributed by atoms with Crippen molar-refractivity contribution in [3.8, 4) is 0 Å². The summed E-state index contributed by atoms with van der Waals surface area (Å²) in [6, 6.07) is 10.4. The molecule has 0 spiro atoms. The van der Waals surface area contributed by atoms with E-state index in [1.165, 1.54) is 6.92 Å². The Labute approximate surface area is 186 Å². The molecular weight excluding hydrogens is 418 g/mol. The molecule has 1 aliphatic rings. The number of piperidine rings is 1. The molecule has 164 valence electrons. The van der Waals surface area contributed by atoms with Crippen molar-refractivity contribution in [1.82, 2.24) is 15.2 Å². The average Bonchev–Trinajstić information content (AvgIpc) is 2.75. The predicted molar refractivity (Wildman–Crippen MR) is 120 cm³/mol. The first-order chi connectivity index (χ1) is 14.8. The van der Waals surface area contributed by atoms with Crippen molar-refractivity contribution in [1.29, 1.82) is 0 Å². The summed E-state index contributed by atoms with van der Waals surface area (Å²) in [6.45, 7) is 2.63. The Morgan fingerprint density at radius 3 is 2.65 bits per heavy atom. The van der Waals surface area contributed by atoms with Gasteiger partial charge in [0.25, 0.3) is 0 Å². The highest BCUT2D eigenvalue weighted by molar-refractivity contribution is 6.34. The van der Waals surface area contributed by atoms with E-state index in [1.54, 1.807) is 31.4 Å². The number of hydrogen-bond acceptors (Lipinski definition) is 5. The van der Waals surface area contributed by atoms with E-state index in [9.17, 15) is 14.4 Å². The van der Waals surface area contributed by atoms with Gasteiger partial charge in [-0.25, -0.2) is 0 Å². The maximum atomic E-state index is 12.8. The number of carbonyl (C=O) groups is 3. The van der Waals surface area contributed by atoms with Crippen LogP contribution in [0.25, 0.3) is 0 Å². The van der Waals surface area contributed by atoms with Crippen LogP contribution < -0.4 is 16.0 Å². The zero-order valence-electron chi connectivity index (χ0n) is 17.6. The van der Waals surface area contributed by atoms with Crippen molar-refractivity contribution < 1.29 is 14.4 Å². The molecule has 1 fully saturated rings. The first kappa shape index (κ1) is 22.7. The van der Waals surface area contributed by atoms with E-state index in [1.807, 2.05) is 23.1 Å². The van der Waals surface area contributed by atoms with Crippen molar-refractivity contribution in [3.05, 3.63) is 53.3 Å². The van der Waals surface area contributed by atoms with Crippen LogP contribution in [0.5, 0.6) is 0 Å². The lowest BCUT2D eigenvalue weighted by atomic mass is 9.75. The molecule has 1 atom stereocenters. The van der Waals surface area contributed by atoms with Gasteiger partial charge in [-0.05, 0) is 49.7 Å². The smallest absolute Gasteiger partial charge is 0.238 e. The monoisotopic (exact) mass is 443 g/mol. The van der Waals surface area contributed by atoms with Crippen LogP contribution in [0.3, 0.4) is 0 Å². The van der Waals surface area contributed by atoms with Gasteiger partial charge in [-0.15, -0.1) is 0 Å². The largest absolute Gasteiger partial charge is 0.358 e. The van der Waals surface area contributed by atoms with Gasteiger partial charge >= 0.3 is 0 Å². The molecule has 8 nitrogen and oxygen atoms in total. The number of likely N-dealkylation sites (tertiary alicyclic amines) is 1. The second kappa shape index (κ2) is 9.89. The Hall–Kier alpha value is -2.97. The highest BCUT2D eigenvalue weighted by Crippen LogP contribution is 2.33. The molecule has 0 aliphatic carbocycles. The lowest BCUT2D eigenvalue weighted by Gasteiger charge is -2.40. The third-order valence-electron chi connectivity index (χ3n) is 5.32. The third kappa shape index (κ3) is 5.39. The molecule has 1 aliphatic heterocycles. The van der Waals surface area contributed by atoms with Gasteiger partial charge in [0, 0.05) is 32.4 Å². The summed E-state index contributed by atoms with van der Waals surface area (Å²) in [7, 11) is 1.62. The van der Waals surface area contributed by atoms with Crippen molar-refractivity contribution in [2.24, 2.45) is 0 Å². The predicted octanol–water partition coefficient (Wildman–Crippen LogP) is 2.41. The molecule has 3 rings (SSSR count). The molecule has 1 aromatic heterocycles. The molecule has 31 heavy (non-hydrogen) atoms. The number of nitrogens with one attached hydrogen (secondary N) is 3. The summed E-state index contributed by atoms with van der Waals surface area (Å²) in [5.41, 5.74) is 0.917. The van der Waals surface area contributed by atoms with Crippen LogP contribution in [0, 0.1) is 0 Å². The number of hydrogen-bond donors (Lipinski definition) is 3. The van der Waals surface area contributed by atoms with Crippen molar-refractivity contribution >= 4 is 40.7 Å². The molecule has 9 heteroatoms. The summed E-state index contributed by atoms with van der Waals surface area (Å²) >= 11 is 6.24. The van der Waals surface area contributed by atoms with Crippen LogP contribution in [-0.2, 0) is 19.8 Å². The molecule has 0 radical (unpaired) electrons. The van der Waals surface area contributed by atoms with Gasteiger partial charge in [0.15, 0.2) is 0 Å². The van der Waals surface area contributed by atoms with Crippen LogP contribution in [0.15, 0.2) is 42.6 Å². The Morgan fingerprint density at radius 1 is 1.19 bits per heavy atom. The van der Waals surface area contributed by atoms with E-state index in [4.69, 9.17) is 11.6 Å². The fourth-order valence-electron chi connectivity index (χ4n) is 3.97. The van der Waals surface area contributed by atoms with E-state index in [0.29, 0.717) is 41.6 Å². The number of nitrogens with zero attached hydrogens (tertiary/aromatic N) is 2. The number of anilines is 2. The second-order valence-electron chi connectivity index (χ2n) is 7.61. The summed E-state index contributed by atoms with van der Waals surface area (Å²) in [4.78, 5) is 43.1. The molecule has 2 heterocycles. The van der Waals surface area contributed by atoms with Gasteiger partial charge in [0.1, 0.15) is 5.41 Å². The summed E-state index contributed by atoms with van der Waals surface area (Å²) < 4.78 is 0. The minimum absolute atomic E-state index is 0.104. The summed E-state index contributed by atoms with van der Waals surface area (Å²) in [5.74, 6) is -0.540. The van der Waals surface area contributed by atoms with Gasteiger partial charge in [-0.1, -0.05) is 17.7 Å². The number of rotatable bonds is 6. The lowest BCUT2D eigenvalue weighted by Crippen LogP contribution is -2.55. The maximum Gasteiger partial charge on any atom is 0.238 e. The van der Waals surface area contributed by atoms with Crippen LogP contribution in [0.4, 0.5) is 11.4 Å². The number of halogens is 1. The summed E-state index contributed by atoms with van der Waals surface area (Å²) in [6.07, 6.45) is 3.11. The highest BCUT2D eigenvalue weighted by Gasteiger charge is 2.44. The standard InChI is InChI=1S/C22H26ClN5O3/c1-15(29)26-16-7-8-18(17(23)12-16)27-20(30)13-28-11-5-9-22(14-28,21(31)24-2)19-6-3-4-10-25-19/h3-4,6-8,10,12H,5,9,11,13-14H2,1-2H3,(H,24,31)(H,26,29)(H,27,30). The topological polar surface area (TPSA) is 103 Å². The molecule has 3 N–H and O–H groups in total. The fraction of sp³-hybridized carbons (Fsp3) is 0.364. The molecule has 1 aromatic carbocycles. The minimum Gasteiger partial charge on any atom is -0.358 e. The third-order valence-corrected chi connectivity index (χ3v) is 5.63. The molecule has 3 amide bonds. The van der Waals surface area contributed by atoms with Gasteiger partial charge in [-0.2, -0.15) is 0 Å². The van der Waals surface area contributed by atoms with E-state index >= 15 is 0 Å². The maximum absolute atomic E-state index is 12.8. The van der Waals surface area contributed by atoms with Crippen molar-refractivity contribution in [3.63, 3.8) is 0 Å². The zero-order valence-corrected chi connectivity index (χ0v) is 18.3. The Kier molecular flexibility index (Phi) is 7.25. The summed E-state index contributed by atoms with van der Waals surface area (Å²) in [5, 5.41) is 8.54. The van der Waals surface area contributed by atoms with E-state index in [2.05, 4.69) is 20.9 Å². The molecule has 0 saturated carbocycles. The highest BCUT2D eigenvalue weighted by atomic mass is 35.5. The average molecular weight is 444 g/mol. The van der Waals surface area contributed by atoms with Gasteiger partial charge in [0.05, 0.1) is 22.9 Å². The van der Waals surface area contributed by atoms with Crippen molar-refractivity contribution in [2.45, 2.75) is 25.2 Å². The van der Waals surface area contributed by atoms with Gasteiger partial charge < -0.3 is 16.0 Å². The Morgan fingerprint density at radius 2 is 2.00 bits per heavy atom. The number of pyridine rings is 1. The zero-order chi connectivity index (χ0) is 22.4. The van der Waals surface area contributed by atoms with Gasteiger partial charge in [0.2, 0.25) is 17.7 Å². The minimum atomic E-state index is -0.799. The number of amides is 3. The first-order valence-electron chi connectivity index (χ1n) is 10.1. The van der Waals surface area contributed by atoms with Gasteiger partial charge in [-0.3, -0.25) is 24.3 Å². The van der Waals surface area contributed by atoms with Crippen LogP contribution in [0.1, 0.15) is 25.5 Å². The number of aromatic nitrogens is 1. The number of carbonyl (C=O) groups excluding carboxylic acids is 3. The van der Waals surface area contributed by atoms with Crippen molar-refractivity contribution in [2.75, 3.05) is 37.3 Å². The number of benzene rings is 1. The van der Waals surface area contributed by atoms with Crippen LogP contribution in [0.2, 0.25) is 5.02 Å². The normalized spacial score (nSPS) is 18.8. The molecular formula is C22H26ClN5O3. The molecule has 1 saturated heterocycles. The van der Waals surface area contributed by atoms with E-state index < -0.39 is 5.41 Å². The quantitative estimate of drug-likeness (QED) is 0.636. The Balaban J connectivity index is 1.70. The lowest BCUT2D eigenvalue weighted by molar-refractivity contribution is -0.130. The molecule has 1 unspecified atom stereocenters. The SMILES string of the molecule is CNC(=O)C1(c2ccccn2)CCCN(CC(=O)Nc2ccc(NC(C)=O)cc2Cl)C1. The fourth-order valence-corrected chi connectivity index (χ4v) is 4.19. The molecule has 0 bridgehead atoms. The van der Waals surface area contributed by atoms with E-state index in [-0.39, 0.29) is 24.3 Å². The van der Waals surface area contributed by atoms with E-state index in [0.717, 1.165) is 6.42 Å². The molecule has 2 aromatic rings. The second-order valence-corrected chi connectivity index (χ2v) is 8.02. The van der Waals surface area contributed by atoms with Crippen LogP contribution in [-0.4, -0.2) is 54.3 Å². The first-order valence-corrected chi connectivity index (χ1v) is 10.4. The number of likely N-dealkylation sites (N-methyl/N-ethyl adjacent to an activating group) is 1. The van der Waals surface area contributed by atoms with Crippen LogP contribution >= 0.6 is 11.6 Å². The Bertz CT molecular complexity index is 969.